The van der Waals surface area contributed by atoms with Crippen LogP contribution in [0.25, 0.3) is 11.5 Å². The molecule has 5 nitrogen and oxygen atoms in total. The van der Waals surface area contributed by atoms with Gasteiger partial charge in [-0.3, -0.25) is 5.10 Å². The number of hydrogen-bond acceptors (Lipinski definition) is 4. The average Bonchev–Trinajstić information content (AvgIpc) is 2.67. The second-order valence-corrected chi connectivity index (χ2v) is 3.10. The summed E-state index contributed by atoms with van der Waals surface area (Å²) in [5.74, 6) is 1.10. The number of pyridine rings is 1. The Hall–Kier alpha value is -2.22. The SMILES string of the molecule is Cc1cccc(-c2n[nH]c(CC#N)n2)n1. The predicted molar refractivity (Wildman–Crippen MR) is 53.7 cm³/mol. The topological polar surface area (TPSA) is 78.2 Å². The fraction of sp³-hybridized carbons (Fsp3) is 0.200. The van der Waals surface area contributed by atoms with Crippen LogP contribution in [0.2, 0.25) is 0 Å². The lowest BCUT2D eigenvalue weighted by Gasteiger charge is -1.94. The molecule has 1 N–H and O–H groups in total. The van der Waals surface area contributed by atoms with Crippen molar-refractivity contribution in [1.82, 2.24) is 20.2 Å². The maximum absolute atomic E-state index is 8.49. The third kappa shape index (κ3) is 1.99. The van der Waals surface area contributed by atoms with Gasteiger partial charge >= 0.3 is 0 Å². The molecule has 2 aromatic heterocycles. The van der Waals surface area contributed by atoms with Crippen molar-refractivity contribution in [1.29, 1.82) is 5.26 Å². The number of aryl methyl sites for hydroxylation is 1. The Bertz CT molecular complexity index is 509. The van der Waals surface area contributed by atoms with Crippen LogP contribution in [0.4, 0.5) is 0 Å². The summed E-state index contributed by atoms with van der Waals surface area (Å²) >= 11 is 0. The van der Waals surface area contributed by atoms with E-state index in [9.17, 15) is 0 Å². The van der Waals surface area contributed by atoms with Crippen LogP contribution in [0, 0.1) is 18.3 Å². The smallest absolute Gasteiger partial charge is 0.199 e. The fourth-order valence-electron chi connectivity index (χ4n) is 1.23. The van der Waals surface area contributed by atoms with E-state index < -0.39 is 0 Å². The van der Waals surface area contributed by atoms with Gasteiger partial charge in [0.1, 0.15) is 11.5 Å². The maximum atomic E-state index is 8.49. The molecule has 0 spiro atoms. The highest BCUT2D eigenvalue weighted by atomic mass is 15.2. The van der Waals surface area contributed by atoms with E-state index in [-0.39, 0.29) is 6.42 Å². The number of aromatic amines is 1. The summed E-state index contributed by atoms with van der Waals surface area (Å²) in [6.07, 6.45) is 0.235. The normalized spacial score (nSPS) is 9.87. The molecule has 0 fully saturated rings. The van der Waals surface area contributed by atoms with E-state index in [0.717, 1.165) is 11.4 Å². The van der Waals surface area contributed by atoms with Gasteiger partial charge in [-0.15, -0.1) is 0 Å². The average molecular weight is 199 g/mol. The molecule has 0 aliphatic heterocycles. The molecule has 0 aliphatic carbocycles. The molecule has 15 heavy (non-hydrogen) atoms. The number of aromatic nitrogens is 4. The van der Waals surface area contributed by atoms with Crippen LogP contribution in [0.3, 0.4) is 0 Å². The largest absolute Gasteiger partial charge is 0.262 e. The molecule has 0 radical (unpaired) electrons. The number of rotatable bonds is 2. The van der Waals surface area contributed by atoms with Gasteiger partial charge < -0.3 is 0 Å². The van der Waals surface area contributed by atoms with Crippen LogP contribution < -0.4 is 0 Å². The molecule has 5 heteroatoms. The maximum Gasteiger partial charge on any atom is 0.199 e. The van der Waals surface area contributed by atoms with Crippen molar-refractivity contribution >= 4 is 0 Å². The van der Waals surface area contributed by atoms with Crippen molar-refractivity contribution in [3.05, 3.63) is 29.7 Å². The molecule has 0 saturated heterocycles. The van der Waals surface area contributed by atoms with E-state index in [0.29, 0.717) is 11.6 Å². The van der Waals surface area contributed by atoms with Crippen molar-refractivity contribution < 1.29 is 0 Å². The summed E-state index contributed by atoms with van der Waals surface area (Å²) in [6, 6.07) is 7.66. The Morgan fingerprint density at radius 3 is 3.00 bits per heavy atom. The van der Waals surface area contributed by atoms with E-state index in [1.807, 2.05) is 31.2 Å². The summed E-state index contributed by atoms with van der Waals surface area (Å²) in [6.45, 7) is 1.91. The van der Waals surface area contributed by atoms with E-state index in [1.165, 1.54) is 0 Å². The van der Waals surface area contributed by atoms with Gasteiger partial charge in [-0.05, 0) is 19.1 Å². The summed E-state index contributed by atoms with van der Waals surface area (Å²) < 4.78 is 0. The second-order valence-electron chi connectivity index (χ2n) is 3.10. The molecule has 0 bridgehead atoms. The number of nitrogens with zero attached hydrogens (tertiary/aromatic N) is 4. The molecule has 2 heterocycles. The molecule has 0 aromatic carbocycles. The van der Waals surface area contributed by atoms with Gasteiger partial charge in [0, 0.05) is 5.69 Å². The summed E-state index contributed by atoms with van der Waals surface area (Å²) in [5, 5.41) is 15.2. The van der Waals surface area contributed by atoms with Crippen LogP contribution in [-0.2, 0) is 6.42 Å². The summed E-state index contributed by atoms with van der Waals surface area (Å²) in [7, 11) is 0. The highest BCUT2D eigenvalue weighted by Gasteiger charge is 2.06. The molecular formula is C10H9N5. The van der Waals surface area contributed by atoms with Gasteiger partial charge in [-0.2, -0.15) is 10.4 Å². The second kappa shape index (κ2) is 3.88. The minimum atomic E-state index is 0.235. The number of hydrogen-bond donors (Lipinski definition) is 1. The zero-order valence-electron chi connectivity index (χ0n) is 8.23. The third-order valence-corrected chi connectivity index (χ3v) is 1.90. The highest BCUT2D eigenvalue weighted by molar-refractivity contribution is 5.48. The summed E-state index contributed by atoms with van der Waals surface area (Å²) in [4.78, 5) is 8.45. The van der Waals surface area contributed by atoms with Gasteiger partial charge in [0.05, 0.1) is 12.5 Å². The zero-order valence-corrected chi connectivity index (χ0v) is 8.23. The predicted octanol–water partition coefficient (Wildman–Crippen LogP) is 1.24. The number of H-pyrrole nitrogens is 1. The molecular weight excluding hydrogens is 190 g/mol. The monoisotopic (exact) mass is 199 g/mol. The van der Waals surface area contributed by atoms with Gasteiger partial charge in [0.2, 0.25) is 0 Å². The van der Waals surface area contributed by atoms with Crippen molar-refractivity contribution in [2.75, 3.05) is 0 Å². The van der Waals surface area contributed by atoms with Crippen molar-refractivity contribution in [2.45, 2.75) is 13.3 Å². The van der Waals surface area contributed by atoms with E-state index in [4.69, 9.17) is 5.26 Å². The fourth-order valence-corrected chi connectivity index (χ4v) is 1.23. The van der Waals surface area contributed by atoms with Crippen LogP contribution in [-0.4, -0.2) is 20.2 Å². The number of nitriles is 1. The standard InChI is InChI=1S/C10H9N5/c1-7-3-2-4-8(12-7)10-13-9(5-6-11)14-15-10/h2-4H,5H2,1H3,(H,13,14,15). The molecule has 74 valence electrons. The van der Waals surface area contributed by atoms with E-state index in [1.54, 1.807) is 0 Å². The van der Waals surface area contributed by atoms with Crippen LogP contribution >= 0.6 is 0 Å². The lowest BCUT2D eigenvalue weighted by molar-refractivity contribution is 0.995. The van der Waals surface area contributed by atoms with E-state index >= 15 is 0 Å². The Kier molecular flexibility index (Phi) is 2.42. The van der Waals surface area contributed by atoms with Crippen molar-refractivity contribution in [3.63, 3.8) is 0 Å². The van der Waals surface area contributed by atoms with Gasteiger partial charge in [0.15, 0.2) is 5.82 Å². The molecule has 2 rings (SSSR count). The minimum absolute atomic E-state index is 0.235. The van der Waals surface area contributed by atoms with Crippen LogP contribution in [0.15, 0.2) is 18.2 Å². The van der Waals surface area contributed by atoms with E-state index in [2.05, 4.69) is 20.2 Å². The lowest BCUT2D eigenvalue weighted by atomic mass is 10.3. The Morgan fingerprint density at radius 1 is 1.40 bits per heavy atom. The third-order valence-electron chi connectivity index (χ3n) is 1.90. The summed E-state index contributed by atoms with van der Waals surface area (Å²) in [5.41, 5.74) is 1.63. The quantitative estimate of drug-likeness (QED) is 0.789. The first-order valence-corrected chi connectivity index (χ1v) is 4.52. The minimum Gasteiger partial charge on any atom is -0.262 e. The van der Waals surface area contributed by atoms with Crippen molar-refractivity contribution in [3.8, 4) is 17.6 Å². The first kappa shape index (κ1) is 9.34. The van der Waals surface area contributed by atoms with Gasteiger partial charge in [-0.1, -0.05) is 6.07 Å². The van der Waals surface area contributed by atoms with Gasteiger partial charge in [-0.25, -0.2) is 9.97 Å². The Balaban J connectivity index is 2.34. The Labute approximate surface area is 86.8 Å². The molecule has 0 amide bonds. The first-order valence-electron chi connectivity index (χ1n) is 4.52. The molecule has 0 unspecified atom stereocenters. The molecule has 0 aliphatic rings. The van der Waals surface area contributed by atoms with Crippen molar-refractivity contribution in [2.24, 2.45) is 0 Å². The molecule has 2 aromatic rings. The molecule has 0 saturated carbocycles. The Morgan fingerprint density at radius 2 is 2.27 bits per heavy atom. The highest BCUT2D eigenvalue weighted by Crippen LogP contribution is 2.11. The van der Waals surface area contributed by atoms with Gasteiger partial charge in [0.25, 0.3) is 0 Å². The first-order chi connectivity index (χ1) is 7.29. The number of nitrogens with one attached hydrogen (secondary N) is 1. The van der Waals surface area contributed by atoms with Crippen LogP contribution in [0.1, 0.15) is 11.5 Å². The lowest BCUT2D eigenvalue weighted by Crippen LogP contribution is -1.88. The molecule has 0 atom stereocenters. The zero-order chi connectivity index (χ0) is 10.7. The van der Waals surface area contributed by atoms with Crippen LogP contribution in [0.5, 0.6) is 0 Å².